The number of hydrogen-bond acceptors (Lipinski definition) is 3. The lowest BCUT2D eigenvalue weighted by atomic mass is 10.2. The highest BCUT2D eigenvalue weighted by molar-refractivity contribution is 7.14. The van der Waals surface area contributed by atoms with Crippen molar-refractivity contribution in [2.45, 2.75) is 13.0 Å². The second-order valence-corrected chi connectivity index (χ2v) is 5.30. The smallest absolute Gasteiger partial charge is 0.317 e. The predicted molar refractivity (Wildman–Crippen MR) is 72.4 cm³/mol. The first kappa shape index (κ1) is 12.7. The number of fused-ring (bicyclic) bond motifs is 1. The third-order valence-electron chi connectivity index (χ3n) is 3.20. The van der Waals surface area contributed by atoms with Crippen LogP contribution in [0.5, 0.6) is 0 Å². The molecule has 3 rings (SSSR count). The molecule has 2 aliphatic rings. The molecule has 1 atom stereocenters. The Balaban J connectivity index is 0.00000108. The lowest BCUT2D eigenvalue weighted by molar-refractivity contribution is 0.193. The van der Waals surface area contributed by atoms with Crippen LogP contribution in [0.4, 0.5) is 9.80 Å². The quantitative estimate of drug-likeness (QED) is 0.845. The first-order valence-electron chi connectivity index (χ1n) is 5.60. The zero-order chi connectivity index (χ0) is 11.1. The van der Waals surface area contributed by atoms with E-state index in [1.807, 2.05) is 9.80 Å². The maximum absolute atomic E-state index is 12.2. The largest absolute Gasteiger partial charge is 0.325 e. The average Bonchev–Trinajstić information content (AvgIpc) is 2.84. The number of nitrogens with zero attached hydrogens (tertiary/aromatic N) is 2. The molecule has 17 heavy (non-hydrogen) atoms. The fourth-order valence-electron chi connectivity index (χ4n) is 2.36. The third kappa shape index (κ3) is 2.14. The van der Waals surface area contributed by atoms with Gasteiger partial charge in [0, 0.05) is 19.6 Å². The summed E-state index contributed by atoms with van der Waals surface area (Å²) < 4.78 is 0. The topological polar surface area (TPSA) is 35.6 Å². The van der Waals surface area contributed by atoms with Gasteiger partial charge in [0.15, 0.2) is 0 Å². The molecule has 0 spiro atoms. The molecule has 2 amide bonds. The van der Waals surface area contributed by atoms with Gasteiger partial charge in [0.25, 0.3) is 0 Å². The van der Waals surface area contributed by atoms with Crippen LogP contribution in [0.2, 0.25) is 0 Å². The highest BCUT2D eigenvalue weighted by Gasteiger charge is 2.39. The zero-order valence-electron chi connectivity index (χ0n) is 9.68. The van der Waals surface area contributed by atoms with Gasteiger partial charge in [-0.25, -0.2) is 4.79 Å². The van der Waals surface area contributed by atoms with Gasteiger partial charge in [0.05, 0.1) is 17.6 Å². The number of anilines is 1. The fourth-order valence-corrected chi connectivity index (χ4v) is 3.27. The normalized spacial score (nSPS) is 23.6. The van der Waals surface area contributed by atoms with Gasteiger partial charge in [-0.1, -0.05) is 0 Å². The van der Waals surface area contributed by atoms with Gasteiger partial charge in [0.2, 0.25) is 0 Å². The number of thiophene rings is 1. The molecule has 2 aliphatic heterocycles. The Hall–Kier alpha value is -0.780. The van der Waals surface area contributed by atoms with Crippen LogP contribution in [0.1, 0.15) is 5.56 Å². The van der Waals surface area contributed by atoms with Crippen LogP contribution in [0, 0.1) is 6.92 Å². The van der Waals surface area contributed by atoms with Gasteiger partial charge >= 0.3 is 6.03 Å². The summed E-state index contributed by atoms with van der Waals surface area (Å²) in [5.41, 5.74) is 1.23. The number of hydrogen-bond donors (Lipinski definition) is 1. The Labute approximate surface area is 111 Å². The minimum atomic E-state index is 0. The Kier molecular flexibility index (Phi) is 3.61. The summed E-state index contributed by atoms with van der Waals surface area (Å²) in [5, 5.41) is 6.51. The maximum Gasteiger partial charge on any atom is 0.325 e. The van der Waals surface area contributed by atoms with Gasteiger partial charge in [-0.15, -0.1) is 23.7 Å². The molecule has 0 aliphatic carbocycles. The number of amides is 2. The molecule has 3 heterocycles. The van der Waals surface area contributed by atoms with Crippen molar-refractivity contribution in [2.75, 3.05) is 31.1 Å². The van der Waals surface area contributed by atoms with Crippen molar-refractivity contribution in [1.82, 2.24) is 10.2 Å². The van der Waals surface area contributed by atoms with Gasteiger partial charge in [0.1, 0.15) is 0 Å². The molecule has 94 valence electrons. The van der Waals surface area contributed by atoms with Crippen molar-refractivity contribution < 1.29 is 4.79 Å². The maximum atomic E-state index is 12.2. The van der Waals surface area contributed by atoms with E-state index in [1.165, 1.54) is 5.56 Å². The van der Waals surface area contributed by atoms with Gasteiger partial charge in [-0.3, -0.25) is 4.90 Å². The van der Waals surface area contributed by atoms with Crippen LogP contribution in [0.25, 0.3) is 0 Å². The molecule has 0 bridgehead atoms. The van der Waals surface area contributed by atoms with Gasteiger partial charge in [-0.2, -0.15) is 0 Å². The van der Waals surface area contributed by atoms with E-state index in [4.69, 9.17) is 0 Å². The number of carbonyl (C=O) groups excluding carboxylic acids is 1. The molecule has 2 saturated heterocycles. The second-order valence-electron chi connectivity index (χ2n) is 4.41. The Morgan fingerprint density at radius 1 is 1.53 bits per heavy atom. The highest BCUT2D eigenvalue weighted by atomic mass is 35.5. The van der Waals surface area contributed by atoms with E-state index < -0.39 is 0 Å². The molecule has 1 aromatic rings. The lowest BCUT2D eigenvalue weighted by Gasteiger charge is -2.28. The van der Waals surface area contributed by atoms with E-state index in [1.54, 1.807) is 11.3 Å². The van der Waals surface area contributed by atoms with Crippen molar-refractivity contribution >= 4 is 34.8 Å². The average molecular weight is 274 g/mol. The Morgan fingerprint density at radius 2 is 2.35 bits per heavy atom. The lowest BCUT2D eigenvalue weighted by Crippen LogP contribution is -2.49. The summed E-state index contributed by atoms with van der Waals surface area (Å²) in [7, 11) is 0. The predicted octanol–water partition coefficient (Wildman–Crippen LogP) is 1.69. The van der Waals surface area contributed by atoms with Crippen molar-refractivity contribution in [3.8, 4) is 0 Å². The molecule has 2 fully saturated rings. The summed E-state index contributed by atoms with van der Waals surface area (Å²) in [6, 6.07) is 2.62. The fraction of sp³-hybridized carbons (Fsp3) is 0.545. The summed E-state index contributed by atoms with van der Waals surface area (Å²) in [4.78, 5) is 16.1. The number of piperazine rings is 1. The van der Waals surface area contributed by atoms with Crippen LogP contribution < -0.4 is 10.2 Å². The van der Waals surface area contributed by atoms with Crippen molar-refractivity contribution in [3.05, 3.63) is 17.0 Å². The zero-order valence-corrected chi connectivity index (χ0v) is 11.3. The van der Waals surface area contributed by atoms with E-state index in [0.29, 0.717) is 6.04 Å². The van der Waals surface area contributed by atoms with E-state index >= 15 is 0 Å². The molecule has 0 aromatic carbocycles. The van der Waals surface area contributed by atoms with Crippen molar-refractivity contribution in [2.24, 2.45) is 0 Å². The molecule has 0 radical (unpaired) electrons. The Morgan fingerprint density at radius 3 is 3.00 bits per heavy atom. The molecule has 1 N–H and O–H groups in total. The number of nitrogens with one attached hydrogen (secondary N) is 1. The van der Waals surface area contributed by atoms with Crippen LogP contribution in [-0.4, -0.2) is 43.2 Å². The monoisotopic (exact) mass is 273 g/mol. The first-order chi connectivity index (χ1) is 7.75. The molecular formula is C11H16ClN3OS. The van der Waals surface area contributed by atoms with E-state index in [2.05, 4.69) is 23.7 Å². The first-order valence-corrected chi connectivity index (χ1v) is 6.47. The molecule has 6 heteroatoms. The highest BCUT2D eigenvalue weighted by Crippen LogP contribution is 2.30. The van der Waals surface area contributed by atoms with Crippen LogP contribution in [-0.2, 0) is 0 Å². The standard InChI is InChI=1S/C11H15N3OS.ClH/c1-8-4-10(16-7-8)14-6-9-5-12-2-3-13(9)11(14)15;/h4,7,9,12H,2-3,5-6H2,1H3;1H. The van der Waals surface area contributed by atoms with Gasteiger partial charge < -0.3 is 10.2 Å². The van der Waals surface area contributed by atoms with Crippen molar-refractivity contribution in [1.29, 1.82) is 0 Å². The van der Waals surface area contributed by atoms with Crippen LogP contribution >= 0.6 is 23.7 Å². The number of aryl methyl sites for hydroxylation is 1. The van der Waals surface area contributed by atoms with E-state index in [0.717, 1.165) is 31.2 Å². The number of urea groups is 1. The SMILES string of the molecule is Cc1csc(N2CC3CNCCN3C2=O)c1.Cl. The Bertz CT molecular complexity index is 423. The minimum Gasteiger partial charge on any atom is -0.317 e. The molecule has 1 aromatic heterocycles. The second kappa shape index (κ2) is 4.84. The van der Waals surface area contributed by atoms with E-state index in [-0.39, 0.29) is 18.4 Å². The van der Waals surface area contributed by atoms with E-state index in [9.17, 15) is 4.79 Å². The molecule has 4 nitrogen and oxygen atoms in total. The van der Waals surface area contributed by atoms with Crippen LogP contribution in [0.15, 0.2) is 11.4 Å². The minimum absolute atomic E-state index is 0. The summed E-state index contributed by atoms with van der Waals surface area (Å²) in [6.45, 7) is 5.57. The summed E-state index contributed by atoms with van der Waals surface area (Å²) >= 11 is 1.65. The third-order valence-corrected chi connectivity index (χ3v) is 4.27. The summed E-state index contributed by atoms with van der Waals surface area (Å²) in [5.74, 6) is 0. The molecule has 1 unspecified atom stereocenters. The van der Waals surface area contributed by atoms with Gasteiger partial charge in [-0.05, 0) is 23.9 Å². The number of carbonyl (C=O) groups is 1. The van der Waals surface area contributed by atoms with Crippen LogP contribution in [0.3, 0.4) is 0 Å². The number of rotatable bonds is 1. The number of halogens is 1. The van der Waals surface area contributed by atoms with Crippen molar-refractivity contribution in [3.63, 3.8) is 0 Å². The summed E-state index contributed by atoms with van der Waals surface area (Å²) in [6.07, 6.45) is 0. The molecule has 0 saturated carbocycles. The molecular weight excluding hydrogens is 258 g/mol.